The number of esters is 1. The number of hydrogen-bond donors (Lipinski definition) is 0. The Morgan fingerprint density at radius 1 is 1.37 bits per heavy atom. The van der Waals surface area contributed by atoms with Gasteiger partial charge in [0.15, 0.2) is 0 Å². The maximum absolute atomic E-state index is 11.4. The zero-order chi connectivity index (χ0) is 13.7. The Kier molecular flexibility index (Phi) is 4.53. The van der Waals surface area contributed by atoms with Crippen molar-refractivity contribution in [3.8, 4) is 6.07 Å². The minimum Gasteiger partial charge on any atom is -0.466 e. The van der Waals surface area contributed by atoms with Gasteiger partial charge in [0.05, 0.1) is 36.9 Å². The summed E-state index contributed by atoms with van der Waals surface area (Å²) in [7, 11) is 0. The molecule has 1 aliphatic carbocycles. The van der Waals surface area contributed by atoms with Crippen molar-refractivity contribution in [3.63, 3.8) is 0 Å². The zero-order valence-corrected chi connectivity index (χ0v) is 11.0. The smallest absolute Gasteiger partial charge is 0.309 e. The van der Waals surface area contributed by atoms with Crippen molar-refractivity contribution in [2.24, 2.45) is 5.92 Å². The van der Waals surface area contributed by atoms with Gasteiger partial charge < -0.3 is 9.47 Å². The summed E-state index contributed by atoms with van der Waals surface area (Å²) in [5.41, 5.74) is 1.69. The number of ether oxygens (including phenoxy) is 2. The van der Waals surface area contributed by atoms with Crippen LogP contribution in [0, 0.1) is 17.2 Å². The molecule has 0 radical (unpaired) electrons. The molecule has 0 saturated heterocycles. The standard InChI is InChI=1S/C15H17NO3/c1-2-18-15(17)13-7-14(8-13)19-10-12-5-3-11(9-16)4-6-12/h3-6,13-14H,2,7-8,10H2,1H3. The van der Waals surface area contributed by atoms with Gasteiger partial charge >= 0.3 is 5.97 Å². The second kappa shape index (κ2) is 6.35. The van der Waals surface area contributed by atoms with Crippen LogP contribution >= 0.6 is 0 Å². The van der Waals surface area contributed by atoms with Crippen LogP contribution in [0.2, 0.25) is 0 Å². The second-order valence-electron chi connectivity index (χ2n) is 4.66. The monoisotopic (exact) mass is 259 g/mol. The molecule has 100 valence electrons. The maximum atomic E-state index is 11.4. The number of nitrogens with zero attached hydrogens (tertiary/aromatic N) is 1. The number of nitriles is 1. The third-order valence-corrected chi connectivity index (χ3v) is 3.28. The molecule has 1 aliphatic rings. The van der Waals surface area contributed by atoms with Crippen molar-refractivity contribution in [2.45, 2.75) is 32.5 Å². The topological polar surface area (TPSA) is 59.3 Å². The highest BCUT2D eigenvalue weighted by Crippen LogP contribution is 2.31. The lowest BCUT2D eigenvalue weighted by Crippen LogP contribution is -2.37. The van der Waals surface area contributed by atoms with Crippen molar-refractivity contribution in [2.75, 3.05) is 6.61 Å². The average Bonchev–Trinajstić information content (AvgIpc) is 2.38. The predicted octanol–water partition coefficient (Wildman–Crippen LogP) is 2.42. The van der Waals surface area contributed by atoms with Gasteiger partial charge in [-0.05, 0) is 37.5 Å². The van der Waals surface area contributed by atoms with E-state index in [4.69, 9.17) is 14.7 Å². The summed E-state index contributed by atoms with van der Waals surface area (Å²) >= 11 is 0. The van der Waals surface area contributed by atoms with Crippen LogP contribution in [0.1, 0.15) is 30.9 Å². The lowest BCUT2D eigenvalue weighted by molar-refractivity contribution is -0.157. The van der Waals surface area contributed by atoms with Crippen LogP contribution in [-0.2, 0) is 20.9 Å². The molecule has 1 saturated carbocycles. The van der Waals surface area contributed by atoms with Crippen molar-refractivity contribution in [1.29, 1.82) is 5.26 Å². The lowest BCUT2D eigenvalue weighted by Gasteiger charge is -2.33. The predicted molar refractivity (Wildman–Crippen MR) is 69.1 cm³/mol. The lowest BCUT2D eigenvalue weighted by atomic mass is 9.82. The minimum atomic E-state index is -0.110. The summed E-state index contributed by atoms with van der Waals surface area (Å²) in [4.78, 5) is 11.4. The molecule has 1 fully saturated rings. The van der Waals surface area contributed by atoms with Crippen LogP contribution in [0.25, 0.3) is 0 Å². The van der Waals surface area contributed by atoms with Gasteiger partial charge in [0.1, 0.15) is 0 Å². The molecule has 19 heavy (non-hydrogen) atoms. The largest absolute Gasteiger partial charge is 0.466 e. The molecule has 2 rings (SSSR count). The van der Waals surface area contributed by atoms with Crippen LogP contribution in [0.15, 0.2) is 24.3 Å². The highest BCUT2D eigenvalue weighted by Gasteiger charge is 2.36. The summed E-state index contributed by atoms with van der Waals surface area (Å²) in [5.74, 6) is -0.105. The molecule has 0 N–H and O–H groups in total. The number of carbonyl (C=O) groups excluding carboxylic acids is 1. The Bertz CT molecular complexity index is 469. The number of rotatable bonds is 5. The third-order valence-electron chi connectivity index (χ3n) is 3.28. The zero-order valence-electron chi connectivity index (χ0n) is 11.0. The van der Waals surface area contributed by atoms with E-state index in [0.29, 0.717) is 18.8 Å². The first-order valence-corrected chi connectivity index (χ1v) is 6.50. The molecule has 1 aromatic carbocycles. The molecule has 0 bridgehead atoms. The molecule has 0 unspecified atom stereocenters. The van der Waals surface area contributed by atoms with E-state index in [2.05, 4.69) is 6.07 Å². The van der Waals surface area contributed by atoms with Gasteiger partial charge in [0.25, 0.3) is 0 Å². The SMILES string of the molecule is CCOC(=O)C1CC(OCc2ccc(C#N)cc2)C1. The molecule has 1 aromatic rings. The molecule has 4 nitrogen and oxygen atoms in total. The van der Waals surface area contributed by atoms with Crippen molar-refractivity contribution >= 4 is 5.97 Å². The number of hydrogen-bond acceptors (Lipinski definition) is 4. The van der Waals surface area contributed by atoms with Crippen LogP contribution in [0.3, 0.4) is 0 Å². The van der Waals surface area contributed by atoms with Gasteiger partial charge in [-0.15, -0.1) is 0 Å². The van der Waals surface area contributed by atoms with Crippen LogP contribution in [-0.4, -0.2) is 18.7 Å². The van der Waals surface area contributed by atoms with Crippen molar-refractivity contribution in [1.82, 2.24) is 0 Å². The first kappa shape index (κ1) is 13.6. The van der Waals surface area contributed by atoms with Gasteiger partial charge in [-0.1, -0.05) is 12.1 Å². The Balaban J connectivity index is 1.70. The van der Waals surface area contributed by atoms with E-state index in [-0.39, 0.29) is 18.0 Å². The number of benzene rings is 1. The summed E-state index contributed by atoms with van der Waals surface area (Å²) in [6.45, 7) is 2.77. The molecule has 0 aliphatic heterocycles. The van der Waals surface area contributed by atoms with Gasteiger partial charge in [-0.25, -0.2) is 0 Å². The fraction of sp³-hybridized carbons (Fsp3) is 0.467. The molecule has 0 heterocycles. The van der Waals surface area contributed by atoms with Gasteiger partial charge in [-0.2, -0.15) is 5.26 Å². The average molecular weight is 259 g/mol. The highest BCUT2D eigenvalue weighted by atomic mass is 16.5. The van der Waals surface area contributed by atoms with E-state index in [1.54, 1.807) is 12.1 Å². The van der Waals surface area contributed by atoms with E-state index in [1.165, 1.54) is 0 Å². The fourth-order valence-electron chi connectivity index (χ4n) is 2.04. The van der Waals surface area contributed by atoms with Gasteiger partial charge in [-0.3, -0.25) is 4.79 Å². The van der Waals surface area contributed by atoms with Crippen LogP contribution in [0.5, 0.6) is 0 Å². The Hall–Kier alpha value is -1.86. The molecular weight excluding hydrogens is 242 g/mol. The third kappa shape index (κ3) is 3.55. The van der Waals surface area contributed by atoms with Crippen LogP contribution < -0.4 is 0 Å². The van der Waals surface area contributed by atoms with E-state index in [9.17, 15) is 4.79 Å². The van der Waals surface area contributed by atoms with Gasteiger partial charge in [0.2, 0.25) is 0 Å². The summed E-state index contributed by atoms with van der Waals surface area (Å²) in [6.07, 6.45) is 1.63. The Morgan fingerprint density at radius 3 is 2.63 bits per heavy atom. The van der Waals surface area contributed by atoms with E-state index >= 15 is 0 Å². The van der Waals surface area contributed by atoms with E-state index in [1.807, 2.05) is 19.1 Å². The van der Waals surface area contributed by atoms with Crippen LogP contribution in [0.4, 0.5) is 0 Å². The first-order chi connectivity index (χ1) is 9.22. The number of carbonyl (C=O) groups is 1. The molecular formula is C15H17NO3. The first-order valence-electron chi connectivity index (χ1n) is 6.50. The molecule has 0 spiro atoms. The van der Waals surface area contributed by atoms with Crippen molar-refractivity contribution < 1.29 is 14.3 Å². The van der Waals surface area contributed by atoms with Crippen molar-refractivity contribution in [3.05, 3.63) is 35.4 Å². The maximum Gasteiger partial charge on any atom is 0.309 e. The highest BCUT2D eigenvalue weighted by molar-refractivity contribution is 5.73. The van der Waals surface area contributed by atoms with E-state index in [0.717, 1.165) is 18.4 Å². The Morgan fingerprint density at radius 2 is 2.05 bits per heavy atom. The summed E-state index contributed by atoms with van der Waals surface area (Å²) in [6, 6.07) is 9.41. The normalized spacial score (nSPS) is 21.3. The fourth-order valence-corrected chi connectivity index (χ4v) is 2.04. The van der Waals surface area contributed by atoms with Gasteiger partial charge in [0, 0.05) is 0 Å². The Labute approximate surface area is 112 Å². The minimum absolute atomic E-state index is 0.00548. The molecule has 0 atom stereocenters. The van der Waals surface area contributed by atoms with E-state index < -0.39 is 0 Å². The molecule has 0 amide bonds. The molecule has 0 aromatic heterocycles. The molecule has 4 heteroatoms. The summed E-state index contributed by atoms with van der Waals surface area (Å²) in [5, 5.41) is 8.69. The summed E-state index contributed by atoms with van der Waals surface area (Å²) < 4.78 is 10.7. The second-order valence-corrected chi connectivity index (χ2v) is 4.66. The quantitative estimate of drug-likeness (QED) is 0.762.